The average molecular weight is 312 g/mol. The minimum Gasteiger partial charge on any atom is -0.380 e. The highest BCUT2D eigenvalue weighted by atomic mass is 32.2. The van der Waals surface area contributed by atoms with Gasteiger partial charge >= 0.3 is 0 Å². The normalized spacial score (nSPS) is 16.9. The summed E-state index contributed by atoms with van der Waals surface area (Å²) < 4.78 is 45.4. The van der Waals surface area contributed by atoms with Gasteiger partial charge in [0.1, 0.15) is 5.82 Å². The summed E-state index contributed by atoms with van der Waals surface area (Å²) >= 11 is 0. The first kappa shape index (κ1) is 15.9. The number of sulfonamides is 1. The molecule has 7 heteroatoms. The van der Waals surface area contributed by atoms with Crippen molar-refractivity contribution in [2.45, 2.75) is 11.3 Å². The van der Waals surface area contributed by atoms with Crippen LogP contribution in [-0.2, 0) is 14.8 Å². The van der Waals surface area contributed by atoms with Gasteiger partial charge in [0.15, 0.2) is 0 Å². The molecule has 0 radical (unpaired) electrons. The van der Waals surface area contributed by atoms with Gasteiger partial charge in [-0.2, -0.15) is 4.31 Å². The minimum atomic E-state index is -3.70. The van der Waals surface area contributed by atoms with Crippen LogP contribution in [0.2, 0.25) is 0 Å². The van der Waals surface area contributed by atoms with Crippen LogP contribution < -0.4 is 5.73 Å². The van der Waals surface area contributed by atoms with E-state index >= 15 is 0 Å². The molecule has 114 valence electrons. The summed E-state index contributed by atoms with van der Waals surface area (Å²) in [6.07, 6.45) is 0.627. The zero-order valence-electron chi connectivity index (χ0n) is 11.5. The maximum atomic E-state index is 13.9. The van der Waals surface area contributed by atoms with E-state index in [0.717, 1.165) is 6.07 Å². The van der Waals surface area contributed by atoms with Crippen molar-refractivity contribution in [3.63, 3.8) is 0 Å². The Morgan fingerprint density at radius 1 is 1.33 bits per heavy atom. The maximum absolute atomic E-state index is 13.9. The molecule has 1 aliphatic heterocycles. The van der Waals surface area contributed by atoms with Crippen molar-refractivity contribution >= 4 is 10.0 Å². The molecule has 0 unspecified atom stereocenters. The molecule has 1 saturated heterocycles. The second-order valence-electron chi connectivity index (χ2n) is 4.52. The van der Waals surface area contributed by atoms with Crippen LogP contribution in [0.1, 0.15) is 12.0 Å². The van der Waals surface area contributed by atoms with Gasteiger partial charge in [0, 0.05) is 19.7 Å². The Balaban J connectivity index is 2.29. The molecular weight excluding hydrogens is 295 g/mol. The van der Waals surface area contributed by atoms with E-state index in [0.29, 0.717) is 26.2 Å². The SMILES string of the molecule is NCC#Cc1ccc(S(=O)(=O)N2CCCOCC2)cc1F. The fourth-order valence-electron chi connectivity index (χ4n) is 2.02. The van der Waals surface area contributed by atoms with Crippen molar-refractivity contribution < 1.29 is 17.5 Å². The maximum Gasteiger partial charge on any atom is 0.243 e. The molecule has 1 heterocycles. The predicted molar refractivity (Wildman–Crippen MR) is 76.5 cm³/mol. The van der Waals surface area contributed by atoms with E-state index in [1.165, 1.54) is 16.4 Å². The summed E-state index contributed by atoms with van der Waals surface area (Å²) in [7, 11) is -3.70. The first-order valence-electron chi connectivity index (χ1n) is 6.62. The van der Waals surface area contributed by atoms with E-state index in [1.54, 1.807) is 0 Å². The van der Waals surface area contributed by atoms with Crippen molar-refractivity contribution in [3.8, 4) is 11.8 Å². The summed E-state index contributed by atoms with van der Waals surface area (Å²) in [5, 5.41) is 0. The number of ether oxygens (including phenoxy) is 1. The Kier molecular flexibility index (Phi) is 5.31. The fraction of sp³-hybridized carbons (Fsp3) is 0.429. The summed E-state index contributed by atoms with van der Waals surface area (Å²) in [6.45, 7) is 1.65. The van der Waals surface area contributed by atoms with Crippen LogP contribution in [0.5, 0.6) is 0 Å². The van der Waals surface area contributed by atoms with E-state index in [-0.39, 0.29) is 23.5 Å². The van der Waals surface area contributed by atoms with Gasteiger partial charge in [-0.15, -0.1) is 0 Å². The first-order valence-corrected chi connectivity index (χ1v) is 8.06. The van der Waals surface area contributed by atoms with Crippen molar-refractivity contribution in [3.05, 3.63) is 29.6 Å². The van der Waals surface area contributed by atoms with Crippen LogP contribution in [0.15, 0.2) is 23.1 Å². The molecule has 0 aliphatic carbocycles. The van der Waals surface area contributed by atoms with Crippen molar-refractivity contribution in [2.75, 3.05) is 32.8 Å². The highest BCUT2D eigenvalue weighted by molar-refractivity contribution is 7.89. The number of benzene rings is 1. The van der Waals surface area contributed by atoms with Crippen LogP contribution in [0.3, 0.4) is 0 Å². The second kappa shape index (κ2) is 7.00. The molecule has 0 bridgehead atoms. The zero-order chi connectivity index (χ0) is 15.3. The Morgan fingerprint density at radius 3 is 2.86 bits per heavy atom. The molecule has 1 aromatic rings. The van der Waals surface area contributed by atoms with E-state index < -0.39 is 15.8 Å². The number of hydrogen-bond acceptors (Lipinski definition) is 4. The van der Waals surface area contributed by atoms with Gasteiger partial charge < -0.3 is 10.5 Å². The number of hydrogen-bond donors (Lipinski definition) is 1. The average Bonchev–Trinajstić information content (AvgIpc) is 2.75. The smallest absolute Gasteiger partial charge is 0.243 e. The van der Waals surface area contributed by atoms with Crippen molar-refractivity contribution in [1.29, 1.82) is 0 Å². The van der Waals surface area contributed by atoms with Gasteiger partial charge in [0.05, 0.1) is 23.6 Å². The van der Waals surface area contributed by atoms with Gasteiger partial charge in [-0.3, -0.25) is 0 Å². The molecular formula is C14H17FN2O3S. The van der Waals surface area contributed by atoms with E-state index in [4.69, 9.17) is 10.5 Å². The van der Waals surface area contributed by atoms with E-state index in [2.05, 4.69) is 11.8 Å². The molecule has 21 heavy (non-hydrogen) atoms. The lowest BCUT2D eigenvalue weighted by atomic mass is 10.2. The Bertz CT molecular complexity index is 657. The van der Waals surface area contributed by atoms with Gasteiger partial charge in [0.2, 0.25) is 10.0 Å². The van der Waals surface area contributed by atoms with Gasteiger partial charge in [-0.25, -0.2) is 12.8 Å². The molecule has 0 aromatic heterocycles. The fourth-order valence-corrected chi connectivity index (χ4v) is 3.49. The molecule has 1 aromatic carbocycles. The van der Waals surface area contributed by atoms with Crippen molar-refractivity contribution in [1.82, 2.24) is 4.31 Å². The lowest BCUT2D eigenvalue weighted by molar-refractivity contribution is 0.148. The molecule has 0 atom stereocenters. The molecule has 2 rings (SSSR count). The quantitative estimate of drug-likeness (QED) is 0.809. The predicted octanol–water partition coefficient (Wildman–Crippen LogP) is 0.547. The molecule has 0 spiro atoms. The number of nitrogens with two attached hydrogens (primary N) is 1. The van der Waals surface area contributed by atoms with Crippen molar-refractivity contribution in [2.24, 2.45) is 5.73 Å². The van der Waals surface area contributed by atoms with Gasteiger partial charge in [-0.1, -0.05) is 11.8 Å². The van der Waals surface area contributed by atoms with E-state index in [1.807, 2.05) is 0 Å². The summed E-state index contributed by atoms with van der Waals surface area (Å²) in [5.41, 5.74) is 5.37. The summed E-state index contributed by atoms with van der Waals surface area (Å²) in [4.78, 5) is -0.0693. The van der Waals surface area contributed by atoms with Gasteiger partial charge in [0.25, 0.3) is 0 Å². The molecule has 0 saturated carbocycles. The summed E-state index contributed by atoms with van der Waals surface area (Å²) in [5.74, 6) is 4.44. The standard InChI is InChI=1S/C14H17FN2O3S/c15-14-11-13(5-4-12(14)3-1-6-16)21(18,19)17-7-2-9-20-10-8-17/h4-5,11H,2,6-10,16H2. The monoisotopic (exact) mass is 312 g/mol. The Morgan fingerprint density at radius 2 is 2.14 bits per heavy atom. The third-order valence-electron chi connectivity index (χ3n) is 3.08. The highest BCUT2D eigenvalue weighted by Crippen LogP contribution is 2.19. The van der Waals surface area contributed by atoms with Gasteiger partial charge in [-0.05, 0) is 24.6 Å². The molecule has 1 aliphatic rings. The third-order valence-corrected chi connectivity index (χ3v) is 4.98. The van der Waals surface area contributed by atoms with Crippen LogP contribution in [0.25, 0.3) is 0 Å². The molecule has 0 amide bonds. The largest absolute Gasteiger partial charge is 0.380 e. The number of nitrogens with zero attached hydrogens (tertiary/aromatic N) is 1. The Hall–Kier alpha value is -1.46. The van der Waals surface area contributed by atoms with Crippen LogP contribution in [0, 0.1) is 17.7 Å². The van der Waals surface area contributed by atoms with Crippen LogP contribution in [0.4, 0.5) is 4.39 Å². The van der Waals surface area contributed by atoms with E-state index in [9.17, 15) is 12.8 Å². The third kappa shape index (κ3) is 3.80. The molecule has 5 nitrogen and oxygen atoms in total. The zero-order valence-corrected chi connectivity index (χ0v) is 12.3. The minimum absolute atomic E-state index is 0.0693. The Labute approximate surface area is 123 Å². The van der Waals surface area contributed by atoms with Crippen LogP contribution >= 0.6 is 0 Å². The van der Waals surface area contributed by atoms with Crippen LogP contribution in [-0.4, -0.2) is 45.6 Å². The number of rotatable bonds is 2. The number of halogens is 1. The second-order valence-corrected chi connectivity index (χ2v) is 6.46. The first-order chi connectivity index (χ1) is 10.1. The lowest BCUT2D eigenvalue weighted by Crippen LogP contribution is -2.33. The lowest BCUT2D eigenvalue weighted by Gasteiger charge is -2.19. The topological polar surface area (TPSA) is 72.6 Å². The molecule has 1 fully saturated rings. The molecule has 2 N–H and O–H groups in total. The highest BCUT2D eigenvalue weighted by Gasteiger charge is 2.26. The summed E-state index contributed by atoms with van der Waals surface area (Å²) in [6, 6.07) is 3.73.